The molecule has 24 heavy (non-hydrogen) atoms. The third-order valence-electron chi connectivity index (χ3n) is 4.15. The fourth-order valence-electron chi connectivity index (χ4n) is 2.69. The molecule has 1 aromatic heterocycles. The van der Waals surface area contributed by atoms with E-state index in [0.717, 1.165) is 19.5 Å². The maximum absolute atomic E-state index is 12.2. The van der Waals surface area contributed by atoms with Gasteiger partial charge in [0.25, 0.3) is 0 Å². The Bertz CT molecular complexity index is 718. The second kappa shape index (κ2) is 7.19. The fourth-order valence-corrected chi connectivity index (χ4v) is 2.91. The lowest BCUT2D eigenvalue weighted by molar-refractivity contribution is 0.201. The van der Waals surface area contributed by atoms with Gasteiger partial charge in [-0.1, -0.05) is 28.9 Å². The van der Waals surface area contributed by atoms with Gasteiger partial charge in [-0.2, -0.15) is 4.98 Å². The number of carbonyl (C=O) groups excluding carboxylic acids is 1. The van der Waals surface area contributed by atoms with Crippen LogP contribution in [-0.2, 0) is 6.54 Å². The molecule has 1 aliphatic heterocycles. The maximum Gasteiger partial charge on any atom is 0.317 e. The summed E-state index contributed by atoms with van der Waals surface area (Å²) in [5.41, 5.74) is 0.703. The Morgan fingerprint density at radius 3 is 2.96 bits per heavy atom. The molecule has 8 heteroatoms. The number of nitrogens with one attached hydrogen (secondary N) is 1. The van der Waals surface area contributed by atoms with E-state index < -0.39 is 0 Å². The molecular formula is C16H20ClN5O2. The number of likely N-dealkylation sites (tertiary alicyclic amines) is 1. The van der Waals surface area contributed by atoms with Gasteiger partial charge in [0.15, 0.2) is 0 Å². The predicted octanol–water partition coefficient (Wildman–Crippen LogP) is 2.24. The first kappa shape index (κ1) is 16.7. The molecule has 1 aliphatic rings. The summed E-state index contributed by atoms with van der Waals surface area (Å²) < 4.78 is 5.19. The molecule has 2 aromatic rings. The van der Waals surface area contributed by atoms with E-state index in [4.69, 9.17) is 16.1 Å². The average Bonchev–Trinajstić information content (AvgIpc) is 3.22. The Morgan fingerprint density at radius 1 is 1.46 bits per heavy atom. The van der Waals surface area contributed by atoms with Crippen molar-refractivity contribution >= 4 is 17.6 Å². The molecule has 0 bridgehead atoms. The van der Waals surface area contributed by atoms with Crippen LogP contribution < -0.4 is 5.32 Å². The van der Waals surface area contributed by atoms with Gasteiger partial charge in [-0.25, -0.2) is 4.79 Å². The smallest absolute Gasteiger partial charge is 0.317 e. The Morgan fingerprint density at radius 2 is 2.25 bits per heavy atom. The minimum Gasteiger partial charge on any atom is -0.337 e. The van der Waals surface area contributed by atoms with E-state index in [2.05, 4.69) is 20.4 Å². The topological polar surface area (TPSA) is 74.5 Å². The van der Waals surface area contributed by atoms with Crippen LogP contribution in [0.3, 0.4) is 0 Å². The van der Waals surface area contributed by atoms with Gasteiger partial charge < -0.3 is 19.6 Å². The minimum atomic E-state index is -0.114. The van der Waals surface area contributed by atoms with Gasteiger partial charge >= 0.3 is 6.03 Å². The molecule has 0 spiro atoms. The van der Waals surface area contributed by atoms with Crippen molar-refractivity contribution in [2.24, 2.45) is 0 Å². The average molecular weight is 350 g/mol. The zero-order valence-corrected chi connectivity index (χ0v) is 14.5. The maximum atomic E-state index is 12.2. The SMILES string of the molecule is CN(C)C1CCN(C(=O)NCc2nc(-c3ccccc3Cl)no2)C1. The molecule has 0 radical (unpaired) electrons. The number of nitrogens with zero attached hydrogens (tertiary/aromatic N) is 4. The number of benzene rings is 1. The monoisotopic (exact) mass is 349 g/mol. The van der Waals surface area contributed by atoms with E-state index >= 15 is 0 Å². The number of halogens is 1. The summed E-state index contributed by atoms with van der Waals surface area (Å²) in [7, 11) is 4.06. The summed E-state index contributed by atoms with van der Waals surface area (Å²) in [4.78, 5) is 20.4. The van der Waals surface area contributed by atoms with E-state index in [9.17, 15) is 4.79 Å². The highest BCUT2D eigenvalue weighted by atomic mass is 35.5. The van der Waals surface area contributed by atoms with Crippen LogP contribution in [0.15, 0.2) is 28.8 Å². The van der Waals surface area contributed by atoms with Gasteiger partial charge in [-0.3, -0.25) is 0 Å². The number of hydrogen-bond donors (Lipinski definition) is 1. The molecule has 128 valence electrons. The number of aromatic nitrogens is 2. The first-order chi connectivity index (χ1) is 11.5. The molecule has 1 atom stereocenters. The van der Waals surface area contributed by atoms with Gasteiger partial charge in [-0.05, 0) is 32.6 Å². The molecule has 1 N–H and O–H groups in total. The van der Waals surface area contributed by atoms with Crippen LogP contribution in [0.2, 0.25) is 5.02 Å². The summed E-state index contributed by atoms with van der Waals surface area (Å²) in [6.07, 6.45) is 0.984. The van der Waals surface area contributed by atoms with E-state index in [-0.39, 0.29) is 12.6 Å². The first-order valence-corrected chi connectivity index (χ1v) is 8.19. The molecule has 0 aliphatic carbocycles. The summed E-state index contributed by atoms with van der Waals surface area (Å²) >= 11 is 6.12. The molecule has 1 saturated heterocycles. The van der Waals surface area contributed by atoms with Crippen LogP contribution in [0.4, 0.5) is 4.79 Å². The Labute approximate surface area is 145 Å². The summed E-state index contributed by atoms with van der Waals surface area (Å²) in [6, 6.07) is 7.57. The van der Waals surface area contributed by atoms with Crippen molar-refractivity contribution in [3.63, 3.8) is 0 Å². The van der Waals surface area contributed by atoms with Crippen LogP contribution in [0, 0.1) is 0 Å². The molecule has 1 fully saturated rings. The molecular weight excluding hydrogens is 330 g/mol. The molecule has 2 amide bonds. The summed E-state index contributed by atoms with van der Waals surface area (Å²) in [5, 5.41) is 7.29. The van der Waals surface area contributed by atoms with Crippen molar-refractivity contribution in [2.75, 3.05) is 27.2 Å². The van der Waals surface area contributed by atoms with Crippen molar-refractivity contribution in [1.82, 2.24) is 25.3 Å². The van der Waals surface area contributed by atoms with E-state index in [1.165, 1.54) is 0 Å². The van der Waals surface area contributed by atoms with Crippen molar-refractivity contribution in [3.05, 3.63) is 35.2 Å². The lowest BCUT2D eigenvalue weighted by Gasteiger charge is -2.20. The van der Waals surface area contributed by atoms with Crippen LogP contribution in [0.1, 0.15) is 12.3 Å². The van der Waals surface area contributed by atoms with E-state index in [0.29, 0.717) is 28.3 Å². The highest BCUT2D eigenvalue weighted by molar-refractivity contribution is 6.33. The second-order valence-electron chi connectivity index (χ2n) is 6.00. The standard InChI is InChI=1S/C16H20ClN5O2/c1-21(2)11-7-8-22(10-11)16(23)18-9-14-19-15(20-24-14)12-5-3-4-6-13(12)17/h3-6,11H,7-10H2,1-2H3,(H,18,23). The number of likely N-dealkylation sites (N-methyl/N-ethyl adjacent to an activating group) is 1. The number of rotatable bonds is 4. The zero-order chi connectivity index (χ0) is 17.1. The minimum absolute atomic E-state index is 0.114. The van der Waals surface area contributed by atoms with Crippen LogP contribution in [0.5, 0.6) is 0 Å². The van der Waals surface area contributed by atoms with Gasteiger partial charge in [0.2, 0.25) is 11.7 Å². The number of carbonyl (C=O) groups is 1. The third-order valence-corrected chi connectivity index (χ3v) is 4.48. The molecule has 2 heterocycles. The van der Waals surface area contributed by atoms with Crippen molar-refractivity contribution < 1.29 is 9.32 Å². The fraction of sp³-hybridized carbons (Fsp3) is 0.438. The molecule has 1 unspecified atom stereocenters. The summed E-state index contributed by atoms with van der Waals surface area (Å²) in [6.45, 7) is 1.68. The first-order valence-electron chi connectivity index (χ1n) is 7.81. The van der Waals surface area contributed by atoms with Crippen molar-refractivity contribution in [3.8, 4) is 11.4 Å². The molecule has 1 aromatic carbocycles. The Hall–Kier alpha value is -2.12. The van der Waals surface area contributed by atoms with Crippen LogP contribution in [-0.4, -0.2) is 59.2 Å². The number of hydrogen-bond acceptors (Lipinski definition) is 5. The zero-order valence-electron chi connectivity index (χ0n) is 13.7. The van der Waals surface area contributed by atoms with Crippen molar-refractivity contribution in [1.29, 1.82) is 0 Å². The molecule has 7 nitrogen and oxygen atoms in total. The van der Waals surface area contributed by atoms with E-state index in [1.807, 2.05) is 32.3 Å². The van der Waals surface area contributed by atoms with Gasteiger partial charge in [0, 0.05) is 24.7 Å². The van der Waals surface area contributed by atoms with Gasteiger partial charge in [0.05, 0.1) is 11.6 Å². The van der Waals surface area contributed by atoms with Crippen molar-refractivity contribution in [2.45, 2.75) is 19.0 Å². The second-order valence-corrected chi connectivity index (χ2v) is 6.41. The highest BCUT2D eigenvalue weighted by Crippen LogP contribution is 2.24. The lowest BCUT2D eigenvalue weighted by Crippen LogP contribution is -2.40. The quantitative estimate of drug-likeness (QED) is 0.916. The van der Waals surface area contributed by atoms with Gasteiger partial charge in [-0.15, -0.1) is 0 Å². The molecule has 3 rings (SSSR count). The lowest BCUT2D eigenvalue weighted by atomic mass is 10.2. The third kappa shape index (κ3) is 3.68. The normalized spacial score (nSPS) is 17.5. The highest BCUT2D eigenvalue weighted by Gasteiger charge is 2.27. The largest absolute Gasteiger partial charge is 0.337 e. The Kier molecular flexibility index (Phi) is 5.01. The number of urea groups is 1. The summed E-state index contributed by atoms with van der Waals surface area (Å²) in [5.74, 6) is 0.764. The van der Waals surface area contributed by atoms with Crippen LogP contribution >= 0.6 is 11.6 Å². The molecule has 0 saturated carbocycles. The van der Waals surface area contributed by atoms with Gasteiger partial charge in [0.1, 0.15) is 0 Å². The predicted molar refractivity (Wildman–Crippen MR) is 90.6 cm³/mol. The van der Waals surface area contributed by atoms with Crippen LogP contribution in [0.25, 0.3) is 11.4 Å². The van der Waals surface area contributed by atoms with E-state index in [1.54, 1.807) is 11.0 Å². The number of amides is 2. The Balaban J connectivity index is 1.56.